The van der Waals surface area contributed by atoms with Gasteiger partial charge in [-0.1, -0.05) is 17.7 Å². The predicted molar refractivity (Wildman–Crippen MR) is 105 cm³/mol. The molecule has 27 heavy (non-hydrogen) atoms. The third kappa shape index (κ3) is 3.43. The summed E-state index contributed by atoms with van der Waals surface area (Å²) in [5.41, 5.74) is 2.21. The average molecular weight is 401 g/mol. The molecule has 0 unspecified atom stereocenters. The van der Waals surface area contributed by atoms with Crippen molar-refractivity contribution >= 4 is 51.6 Å². The van der Waals surface area contributed by atoms with Gasteiger partial charge in [-0.25, -0.2) is 0 Å². The molecule has 1 aliphatic heterocycles. The largest absolute Gasteiger partial charge is 0.492 e. The Hall–Kier alpha value is -2.77. The van der Waals surface area contributed by atoms with Crippen molar-refractivity contribution in [3.63, 3.8) is 0 Å². The fourth-order valence-corrected chi connectivity index (χ4v) is 3.65. The Morgan fingerprint density at radius 1 is 1.30 bits per heavy atom. The summed E-state index contributed by atoms with van der Waals surface area (Å²) in [4.78, 5) is 27.6. The quantitative estimate of drug-likeness (QED) is 0.629. The Bertz CT molecular complexity index is 1110. The minimum atomic E-state index is -0.429. The molecule has 136 valence electrons. The second-order valence-corrected chi connectivity index (χ2v) is 7.11. The summed E-state index contributed by atoms with van der Waals surface area (Å²) in [6.07, 6.45) is 4.91. The van der Waals surface area contributed by atoms with Crippen LogP contribution in [0.1, 0.15) is 12.7 Å². The normalized spacial score (nSPS) is 15.6. The van der Waals surface area contributed by atoms with Crippen molar-refractivity contribution < 1.29 is 18.7 Å². The van der Waals surface area contributed by atoms with E-state index in [1.54, 1.807) is 36.7 Å². The number of nitrogens with one attached hydrogen (secondary N) is 1. The lowest BCUT2D eigenvalue weighted by Gasteiger charge is -2.08. The molecule has 6 nitrogen and oxygen atoms in total. The number of aromatic nitrogens is 1. The smallest absolute Gasteiger partial charge is 0.290 e. The molecule has 1 N–H and O–H groups in total. The van der Waals surface area contributed by atoms with Gasteiger partial charge in [-0.05, 0) is 42.4 Å². The van der Waals surface area contributed by atoms with Gasteiger partial charge in [-0.15, -0.1) is 0 Å². The van der Waals surface area contributed by atoms with Crippen LogP contribution in [0.25, 0.3) is 28.2 Å². The van der Waals surface area contributed by atoms with Crippen molar-refractivity contribution in [3.05, 3.63) is 52.3 Å². The Morgan fingerprint density at radius 2 is 2.15 bits per heavy atom. The standard InChI is InChI=1S/C19H13ClN2O4S/c1-2-25-15-4-3-10(6-14(15)20)13-9-21-8-11-5-12(26-17(11)13)7-16-18(23)22-19(24)27-16/h3-9H,2H2,1H3,(H,22,23,24)/b16-7-. The number of imide groups is 1. The van der Waals surface area contributed by atoms with Gasteiger partial charge in [-0.2, -0.15) is 0 Å². The molecule has 0 bridgehead atoms. The molecule has 1 saturated heterocycles. The van der Waals surface area contributed by atoms with E-state index in [4.69, 9.17) is 20.8 Å². The number of pyridine rings is 1. The highest BCUT2D eigenvalue weighted by Crippen LogP contribution is 2.35. The Labute approximate surface area is 163 Å². The van der Waals surface area contributed by atoms with Crippen molar-refractivity contribution in [3.8, 4) is 16.9 Å². The van der Waals surface area contributed by atoms with Crippen molar-refractivity contribution in [2.24, 2.45) is 0 Å². The second-order valence-electron chi connectivity index (χ2n) is 5.68. The maximum Gasteiger partial charge on any atom is 0.290 e. The van der Waals surface area contributed by atoms with Gasteiger partial charge in [0.1, 0.15) is 17.1 Å². The van der Waals surface area contributed by atoms with Gasteiger partial charge in [0, 0.05) is 29.4 Å². The molecule has 0 aliphatic carbocycles. The first-order valence-electron chi connectivity index (χ1n) is 8.10. The molecular formula is C19H13ClN2O4S. The summed E-state index contributed by atoms with van der Waals surface area (Å²) in [6.45, 7) is 2.42. The molecule has 2 aromatic heterocycles. The number of furan rings is 1. The zero-order valence-corrected chi connectivity index (χ0v) is 15.7. The Morgan fingerprint density at radius 3 is 2.85 bits per heavy atom. The van der Waals surface area contributed by atoms with Gasteiger partial charge < -0.3 is 9.15 Å². The molecule has 0 atom stereocenters. The summed E-state index contributed by atoms with van der Waals surface area (Å²) in [5, 5.41) is 3.10. The van der Waals surface area contributed by atoms with Crippen LogP contribution in [0, 0.1) is 0 Å². The molecule has 1 aliphatic rings. The molecule has 0 saturated carbocycles. The van der Waals surface area contributed by atoms with Gasteiger partial charge in [0.25, 0.3) is 11.1 Å². The molecular weight excluding hydrogens is 388 g/mol. The maximum absolute atomic E-state index is 11.7. The van der Waals surface area contributed by atoms with Crippen LogP contribution in [0.3, 0.4) is 0 Å². The maximum atomic E-state index is 11.7. The van der Waals surface area contributed by atoms with E-state index in [-0.39, 0.29) is 4.91 Å². The molecule has 2 amide bonds. The van der Waals surface area contributed by atoms with Crippen molar-refractivity contribution in [2.75, 3.05) is 6.61 Å². The molecule has 0 radical (unpaired) electrons. The first-order valence-corrected chi connectivity index (χ1v) is 9.29. The zero-order chi connectivity index (χ0) is 19.0. The molecule has 4 rings (SSSR count). The van der Waals surface area contributed by atoms with Crippen molar-refractivity contribution in [2.45, 2.75) is 6.92 Å². The molecule has 3 heterocycles. The lowest BCUT2D eigenvalue weighted by molar-refractivity contribution is -0.115. The molecule has 0 spiro atoms. The second kappa shape index (κ2) is 7.09. The monoisotopic (exact) mass is 400 g/mol. The fourth-order valence-electron chi connectivity index (χ4n) is 2.75. The van der Waals surface area contributed by atoms with Crippen LogP contribution in [-0.4, -0.2) is 22.7 Å². The van der Waals surface area contributed by atoms with Crippen LogP contribution >= 0.6 is 23.4 Å². The SMILES string of the molecule is CCOc1ccc(-c2cncc3cc(/C=C4\SC(=O)NC4=O)oc23)cc1Cl. The summed E-state index contributed by atoms with van der Waals surface area (Å²) < 4.78 is 11.4. The molecule has 1 fully saturated rings. The number of halogens is 1. The summed E-state index contributed by atoms with van der Waals surface area (Å²) in [6, 6.07) is 7.25. The molecule has 1 aromatic carbocycles. The minimum Gasteiger partial charge on any atom is -0.492 e. The fraction of sp³-hybridized carbons (Fsp3) is 0.105. The van der Waals surface area contributed by atoms with Crippen molar-refractivity contribution in [1.29, 1.82) is 0 Å². The number of amides is 2. The lowest BCUT2D eigenvalue weighted by Crippen LogP contribution is -2.17. The van der Waals surface area contributed by atoms with E-state index in [0.29, 0.717) is 28.7 Å². The number of ether oxygens (including phenoxy) is 1. The number of rotatable bonds is 4. The van der Waals surface area contributed by atoms with Crippen LogP contribution in [0.4, 0.5) is 4.79 Å². The highest BCUT2D eigenvalue weighted by Gasteiger charge is 2.25. The number of thioether (sulfide) groups is 1. The van der Waals surface area contributed by atoms with Crippen LogP contribution in [-0.2, 0) is 4.79 Å². The molecule has 8 heteroatoms. The van der Waals surface area contributed by atoms with E-state index in [9.17, 15) is 9.59 Å². The topological polar surface area (TPSA) is 81.4 Å². The van der Waals surface area contributed by atoms with Crippen molar-refractivity contribution in [1.82, 2.24) is 10.3 Å². The Kier molecular flexibility index (Phi) is 4.63. The van der Waals surface area contributed by atoms with E-state index >= 15 is 0 Å². The van der Waals surface area contributed by atoms with Crippen LogP contribution in [0.5, 0.6) is 5.75 Å². The third-order valence-corrected chi connectivity index (χ3v) is 5.01. The summed E-state index contributed by atoms with van der Waals surface area (Å²) >= 11 is 7.13. The highest BCUT2D eigenvalue weighted by molar-refractivity contribution is 8.18. The van der Waals surface area contributed by atoms with Gasteiger partial charge >= 0.3 is 0 Å². The molecule has 3 aromatic rings. The number of carbonyl (C=O) groups excluding carboxylic acids is 2. The van der Waals surface area contributed by atoms with E-state index in [0.717, 1.165) is 28.3 Å². The van der Waals surface area contributed by atoms with E-state index in [1.807, 2.05) is 13.0 Å². The summed E-state index contributed by atoms with van der Waals surface area (Å²) in [7, 11) is 0. The Balaban J connectivity index is 1.76. The summed E-state index contributed by atoms with van der Waals surface area (Å²) in [5.74, 6) is 0.646. The first-order chi connectivity index (χ1) is 13.0. The number of hydrogen-bond acceptors (Lipinski definition) is 6. The van der Waals surface area contributed by atoms with Gasteiger partial charge in [-0.3, -0.25) is 19.9 Å². The van der Waals surface area contributed by atoms with E-state index < -0.39 is 11.1 Å². The van der Waals surface area contributed by atoms with Gasteiger partial charge in [0.2, 0.25) is 0 Å². The van der Waals surface area contributed by atoms with Crippen LogP contribution in [0.2, 0.25) is 5.02 Å². The van der Waals surface area contributed by atoms with Crippen LogP contribution < -0.4 is 10.1 Å². The van der Waals surface area contributed by atoms with Gasteiger partial charge in [0.05, 0.1) is 16.5 Å². The van der Waals surface area contributed by atoms with Gasteiger partial charge in [0.15, 0.2) is 0 Å². The average Bonchev–Trinajstić information content (AvgIpc) is 3.19. The minimum absolute atomic E-state index is 0.290. The third-order valence-electron chi connectivity index (χ3n) is 3.90. The number of benzene rings is 1. The van der Waals surface area contributed by atoms with Crippen LogP contribution in [0.15, 0.2) is 46.0 Å². The lowest BCUT2D eigenvalue weighted by atomic mass is 10.1. The number of carbonyl (C=O) groups is 2. The first kappa shape index (κ1) is 17.6. The predicted octanol–water partition coefficient (Wildman–Crippen LogP) is 4.87. The van der Waals surface area contributed by atoms with E-state index in [1.165, 1.54) is 0 Å². The number of fused-ring (bicyclic) bond motifs is 1. The number of hydrogen-bond donors (Lipinski definition) is 1. The van der Waals surface area contributed by atoms with E-state index in [2.05, 4.69) is 10.3 Å². The highest BCUT2D eigenvalue weighted by atomic mass is 35.5. The zero-order valence-electron chi connectivity index (χ0n) is 14.1. The number of nitrogens with zero attached hydrogens (tertiary/aromatic N) is 1.